The molecule has 0 bridgehead atoms. The van der Waals surface area contributed by atoms with Gasteiger partial charge in [0.2, 0.25) is 10.0 Å². The Labute approximate surface area is 136 Å². The Morgan fingerprint density at radius 3 is 2.57 bits per heavy atom. The molecule has 0 saturated heterocycles. The van der Waals surface area contributed by atoms with Crippen molar-refractivity contribution in [3.8, 4) is 0 Å². The Bertz CT molecular complexity index is 646. The molecule has 0 aliphatic heterocycles. The van der Waals surface area contributed by atoms with Gasteiger partial charge >= 0.3 is 5.97 Å². The molecule has 0 heterocycles. The molecule has 0 radical (unpaired) electrons. The summed E-state index contributed by atoms with van der Waals surface area (Å²) in [7, 11) is -3.84. The molecule has 2 atom stereocenters. The zero-order chi connectivity index (χ0) is 15.6. The SMILES string of the molecule is O=C(O)c1cc(S(=O)(=O)N[C@@H]2CCCC[C@H]2O)ccc1I. The molecule has 1 aromatic rings. The molecule has 8 heteroatoms. The van der Waals surface area contributed by atoms with Crippen LogP contribution in [0.3, 0.4) is 0 Å². The lowest BCUT2D eigenvalue weighted by Crippen LogP contribution is -2.44. The summed E-state index contributed by atoms with van der Waals surface area (Å²) in [6.45, 7) is 0. The van der Waals surface area contributed by atoms with Gasteiger partial charge in [0.15, 0.2) is 0 Å². The lowest BCUT2D eigenvalue weighted by atomic mass is 9.93. The van der Waals surface area contributed by atoms with Crippen LogP contribution in [0.2, 0.25) is 0 Å². The van der Waals surface area contributed by atoms with E-state index in [2.05, 4.69) is 4.72 Å². The van der Waals surface area contributed by atoms with E-state index in [-0.39, 0.29) is 10.5 Å². The minimum Gasteiger partial charge on any atom is -0.478 e. The molecule has 2 rings (SSSR count). The van der Waals surface area contributed by atoms with Crippen molar-refractivity contribution in [2.24, 2.45) is 0 Å². The highest BCUT2D eigenvalue weighted by Gasteiger charge is 2.28. The van der Waals surface area contributed by atoms with Gasteiger partial charge in [-0.25, -0.2) is 17.9 Å². The van der Waals surface area contributed by atoms with E-state index in [4.69, 9.17) is 5.11 Å². The van der Waals surface area contributed by atoms with Crippen LogP contribution in [0.15, 0.2) is 23.1 Å². The van der Waals surface area contributed by atoms with E-state index in [0.717, 1.165) is 18.9 Å². The van der Waals surface area contributed by atoms with E-state index >= 15 is 0 Å². The van der Waals surface area contributed by atoms with E-state index in [1.54, 1.807) is 0 Å². The third kappa shape index (κ3) is 3.93. The molecule has 1 aliphatic rings. The van der Waals surface area contributed by atoms with E-state index in [9.17, 15) is 18.3 Å². The molecule has 1 saturated carbocycles. The number of carboxylic acid groups (broad SMARTS) is 1. The summed E-state index contributed by atoms with van der Waals surface area (Å²) in [5.41, 5.74) is -0.0531. The lowest BCUT2D eigenvalue weighted by Gasteiger charge is -2.28. The quantitative estimate of drug-likeness (QED) is 0.636. The number of halogens is 1. The number of carboxylic acids is 1. The van der Waals surface area contributed by atoms with Gasteiger partial charge in [-0.15, -0.1) is 0 Å². The number of carbonyl (C=O) groups is 1. The molecular weight excluding hydrogens is 409 g/mol. The summed E-state index contributed by atoms with van der Waals surface area (Å²) in [5.74, 6) is -1.17. The Hall–Kier alpha value is -0.710. The normalized spacial score (nSPS) is 23.0. The van der Waals surface area contributed by atoms with Crippen molar-refractivity contribution < 1.29 is 23.4 Å². The minimum atomic E-state index is -3.84. The standard InChI is InChI=1S/C13H16INO5S/c14-10-6-5-8(7-9(10)13(17)18)21(19,20)15-11-3-1-2-4-12(11)16/h5-7,11-12,15-16H,1-4H2,(H,17,18)/t11-,12-/m1/s1. The lowest BCUT2D eigenvalue weighted by molar-refractivity contribution is 0.0695. The summed E-state index contributed by atoms with van der Waals surface area (Å²) < 4.78 is 27.6. The first-order chi connectivity index (χ1) is 9.81. The molecule has 116 valence electrons. The highest BCUT2D eigenvalue weighted by atomic mass is 127. The van der Waals surface area contributed by atoms with E-state index < -0.39 is 28.1 Å². The number of aliphatic hydroxyl groups excluding tert-OH is 1. The molecule has 21 heavy (non-hydrogen) atoms. The Morgan fingerprint density at radius 2 is 1.95 bits per heavy atom. The molecule has 0 unspecified atom stereocenters. The first kappa shape index (κ1) is 16.7. The first-order valence-electron chi connectivity index (χ1n) is 6.54. The van der Waals surface area contributed by atoms with Crippen molar-refractivity contribution in [3.05, 3.63) is 27.3 Å². The fraction of sp³-hybridized carbons (Fsp3) is 0.462. The zero-order valence-electron chi connectivity index (χ0n) is 11.1. The van der Waals surface area contributed by atoms with Gasteiger partial charge in [-0.2, -0.15) is 0 Å². The summed E-state index contributed by atoms with van der Waals surface area (Å²) >= 11 is 1.84. The highest BCUT2D eigenvalue weighted by Crippen LogP contribution is 2.22. The van der Waals surface area contributed by atoms with Crippen LogP contribution in [0.4, 0.5) is 0 Å². The van der Waals surface area contributed by atoms with Crippen molar-refractivity contribution >= 4 is 38.6 Å². The maximum absolute atomic E-state index is 12.3. The average molecular weight is 425 g/mol. The van der Waals surface area contributed by atoms with Crippen LogP contribution in [0, 0.1) is 3.57 Å². The second-order valence-corrected chi connectivity index (χ2v) is 7.90. The van der Waals surface area contributed by atoms with Gasteiger partial charge in [-0.1, -0.05) is 12.8 Å². The van der Waals surface area contributed by atoms with Gasteiger partial charge < -0.3 is 10.2 Å². The summed E-state index contributed by atoms with van der Waals surface area (Å²) in [6.07, 6.45) is 2.19. The number of benzene rings is 1. The molecule has 6 nitrogen and oxygen atoms in total. The minimum absolute atomic E-state index is 0.0531. The molecule has 1 aliphatic carbocycles. The number of aromatic carboxylic acids is 1. The zero-order valence-corrected chi connectivity index (χ0v) is 14.1. The molecule has 3 N–H and O–H groups in total. The van der Waals surface area contributed by atoms with Crippen molar-refractivity contribution in [2.45, 2.75) is 42.7 Å². The third-order valence-electron chi connectivity index (χ3n) is 3.51. The largest absolute Gasteiger partial charge is 0.478 e. The third-order valence-corrected chi connectivity index (χ3v) is 5.94. The van der Waals surface area contributed by atoms with Crippen molar-refractivity contribution in [1.29, 1.82) is 0 Å². The number of hydrogen-bond donors (Lipinski definition) is 3. The fourth-order valence-corrected chi connectivity index (χ4v) is 4.25. The molecule has 0 amide bonds. The van der Waals surface area contributed by atoms with Gasteiger partial charge in [0.1, 0.15) is 0 Å². The van der Waals surface area contributed by atoms with Crippen molar-refractivity contribution in [3.63, 3.8) is 0 Å². The van der Waals surface area contributed by atoms with E-state index in [0.29, 0.717) is 16.4 Å². The van der Waals surface area contributed by atoms with Crippen LogP contribution in [0.25, 0.3) is 0 Å². The Balaban J connectivity index is 2.27. The van der Waals surface area contributed by atoms with Gasteiger partial charge in [0.25, 0.3) is 0 Å². The number of rotatable bonds is 4. The number of sulfonamides is 1. The van der Waals surface area contributed by atoms with Crippen LogP contribution < -0.4 is 4.72 Å². The fourth-order valence-electron chi connectivity index (χ4n) is 2.35. The Morgan fingerprint density at radius 1 is 1.29 bits per heavy atom. The van der Waals surface area contributed by atoms with Gasteiger partial charge in [-0.05, 0) is 53.6 Å². The Kier molecular flexibility index (Phi) is 5.23. The summed E-state index contributed by atoms with van der Waals surface area (Å²) in [5, 5.41) is 18.9. The maximum atomic E-state index is 12.3. The smallest absolute Gasteiger partial charge is 0.336 e. The topological polar surface area (TPSA) is 104 Å². The predicted molar refractivity (Wildman–Crippen MR) is 84.7 cm³/mol. The maximum Gasteiger partial charge on any atom is 0.336 e. The molecular formula is C13H16INO5S. The molecule has 0 spiro atoms. The van der Waals surface area contributed by atoms with Gasteiger partial charge in [0, 0.05) is 9.61 Å². The first-order valence-corrected chi connectivity index (χ1v) is 9.10. The predicted octanol–water partition coefficient (Wildman–Crippen LogP) is 1.57. The molecule has 1 fully saturated rings. The number of hydrogen-bond acceptors (Lipinski definition) is 4. The van der Waals surface area contributed by atoms with E-state index in [1.807, 2.05) is 22.6 Å². The second-order valence-electron chi connectivity index (χ2n) is 5.03. The average Bonchev–Trinajstić information content (AvgIpc) is 2.41. The van der Waals surface area contributed by atoms with Gasteiger partial charge in [-0.3, -0.25) is 0 Å². The van der Waals surface area contributed by atoms with Crippen LogP contribution in [0.1, 0.15) is 36.0 Å². The van der Waals surface area contributed by atoms with Crippen molar-refractivity contribution in [1.82, 2.24) is 4.72 Å². The number of nitrogens with one attached hydrogen (secondary N) is 1. The van der Waals surface area contributed by atoms with Crippen LogP contribution in [-0.4, -0.2) is 36.7 Å². The second kappa shape index (κ2) is 6.59. The van der Waals surface area contributed by atoms with Crippen molar-refractivity contribution in [2.75, 3.05) is 0 Å². The molecule has 1 aromatic carbocycles. The molecule has 0 aromatic heterocycles. The summed E-state index contributed by atoms with van der Waals surface area (Å²) in [4.78, 5) is 11.0. The van der Waals surface area contributed by atoms with Gasteiger partial charge in [0.05, 0.1) is 16.6 Å². The number of aliphatic hydroxyl groups is 1. The summed E-state index contributed by atoms with van der Waals surface area (Å²) in [6, 6.07) is 3.44. The monoisotopic (exact) mass is 425 g/mol. The van der Waals surface area contributed by atoms with Crippen LogP contribution in [0.5, 0.6) is 0 Å². The van der Waals surface area contributed by atoms with Crippen LogP contribution in [-0.2, 0) is 10.0 Å². The van der Waals surface area contributed by atoms with E-state index in [1.165, 1.54) is 12.1 Å². The van der Waals surface area contributed by atoms with Crippen LogP contribution >= 0.6 is 22.6 Å². The highest BCUT2D eigenvalue weighted by molar-refractivity contribution is 14.1.